The number of nitrogens with one attached hydrogen (secondary N) is 1. The number of nitrogens with zero attached hydrogens (tertiary/aromatic N) is 2. The Morgan fingerprint density at radius 2 is 1.91 bits per heavy atom. The van der Waals surface area contributed by atoms with Gasteiger partial charge < -0.3 is 4.90 Å². The number of benzene rings is 2. The molecule has 1 atom stereocenters. The Bertz CT molecular complexity index is 1190. The third-order valence-corrected chi connectivity index (χ3v) is 6.86. The van der Waals surface area contributed by atoms with Gasteiger partial charge in [-0.2, -0.15) is 0 Å². The van der Waals surface area contributed by atoms with E-state index in [1.54, 1.807) is 6.07 Å². The smallest absolute Gasteiger partial charge is 0.270 e. The molecule has 0 radical (unpaired) electrons. The highest BCUT2D eigenvalue weighted by Gasteiger charge is 2.37. The molecule has 0 bridgehead atoms. The molecule has 0 aliphatic carbocycles. The predicted molar refractivity (Wildman–Crippen MR) is 130 cm³/mol. The molecule has 0 spiro atoms. The molecule has 0 unspecified atom stereocenters. The van der Waals surface area contributed by atoms with E-state index in [-0.39, 0.29) is 27.8 Å². The molecule has 32 heavy (non-hydrogen) atoms. The number of halogens is 2. The number of carbonyl (C=O) groups is 2. The van der Waals surface area contributed by atoms with Crippen LogP contribution < -0.4 is 15.1 Å². The summed E-state index contributed by atoms with van der Waals surface area (Å²) in [5, 5.41) is 2.72. The van der Waals surface area contributed by atoms with Gasteiger partial charge in [-0.3, -0.25) is 14.9 Å². The number of hydrogen-bond donors (Lipinski definition) is 1. The van der Waals surface area contributed by atoms with E-state index in [0.717, 1.165) is 22.6 Å². The molecule has 2 amide bonds. The van der Waals surface area contributed by atoms with E-state index in [9.17, 15) is 14.0 Å². The van der Waals surface area contributed by atoms with Crippen molar-refractivity contribution in [2.24, 2.45) is 0 Å². The first-order chi connectivity index (χ1) is 15.0. The van der Waals surface area contributed by atoms with Gasteiger partial charge in [0.2, 0.25) is 0 Å². The lowest BCUT2D eigenvalue weighted by Crippen LogP contribution is -2.54. The summed E-state index contributed by atoms with van der Waals surface area (Å²) in [6.45, 7) is 6.51. The summed E-state index contributed by atoms with van der Waals surface area (Å²) in [6, 6.07) is 9.55. The lowest BCUT2D eigenvalue weighted by molar-refractivity contribution is -0.122. The first-order valence-electron chi connectivity index (χ1n) is 10.2. The minimum Gasteiger partial charge on any atom is -0.369 e. The number of para-hydroxylation sites is 1. The topological polar surface area (TPSA) is 52.7 Å². The predicted octanol–water partition coefficient (Wildman–Crippen LogP) is 5.03. The quantitative estimate of drug-likeness (QED) is 0.379. The number of carbonyl (C=O) groups excluding carboxylic acids is 2. The van der Waals surface area contributed by atoms with Crippen LogP contribution in [0.25, 0.3) is 6.08 Å². The summed E-state index contributed by atoms with van der Waals surface area (Å²) in [6.07, 6.45) is 2.39. The van der Waals surface area contributed by atoms with Crippen molar-refractivity contribution < 1.29 is 14.0 Å². The standard InChI is InChI=1S/C24H23ClFN3O2S/c1-13-12-24(2,3)28(4)20-11-17(25)14(9-15(13)20)10-16-21(30)27-23(32)29(22(16)31)19-8-6-5-7-18(19)26/h5-11,13H,12H2,1-4H3,(H,27,30,32)/b16-10+/t13-/m1/s1. The Labute approximate surface area is 196 Å². The lowest BCUT2D eigenvalue weighted by atomic mass is 9.80. The number of thiocarbonyl (C=S) groups is 1. The zero-order chi connectivity index (χ0) is 23.4. The number of anilines is 2. The van der Waals surface area contributed by atoms with Gasteiger partial charge in [-0.05, 0) is 79.9 Å². The molecule has 0 aromatic heterocycles. The molecule has 1 saturated heterocycles. The monoisotopic (exact) mass is 471 g/mol. The Hall–Kier alpha value is -2.77. The van der Waals surface area contributed by atoms with Crippen LogP contribution in [0.3, 0.4) is 0 Å². The summed E-state index contributed by atoms with van der Waals surface area (Å²) in [5.74, 6) is -1.70. The van der Waals surface area contributed by atoms with Crippen LogP contribution in [0.15, 0.2) is 42.0 Å². The highest BCUT2D eigenvalue weighted by atomic mass is 35.5. The summed E-state index contributed by atoms with van der Waals surface area (Å²) in [5.41, 5.74) is 2.45. The minimum atomic E-state index is -0.705. The Kier molecular flexibility index (Phi) is 5.59. The highest BCUT2D eigenvalue weighted by molar-refractivity contribution is 7.80. The fourth-order valence-corrected chi connectivity index (χ4v) is 4.87. The van der Waals surface area contributed by atoms with Crippen molar-refractivity contribution in [3.63, 3.8) is 0 Å². The summed E-state index contributed by atoms with van der Waals surface area (Å²) >= 11 is 11.7. The van der Waals surface area contributed by atoms with Crippen molar-refractivity contribution in [2.45, 2.75) is 38.6 Å². The Morgan fingerprint density at radius 1 is 1.22 bits per heavy atom. The van der Waals surface area contributed by atoms with Crippen LogP contribution in [-0.4, -0.2) is 29.5 Å². The van der Waals surface area contributed by atoms with Gasteiger partial charge in [-0.15, -0.1) is 0 Å². The molecule has 166 valence electrons. The second-order valence-corrected chi connectivity index (χ2v) is 9.61. The van der Waals surface area contributed by atoms with E-state index in [1.165, 1.54) is 24.3 Å². The zero-order valence-electron chi connectivity index (χ0n) is 18.2. The molecule has 2 aliphatic rings. The first kappa shape index (κ1) is 22.4. The van der Waals surface area contributed by atoms with Crippen molar-refractivity contribution >= 4 is 58.2 Å². The fraction of sp³-hybridized carbons (Fsp3) is 0.292. The van der Waals surface area contributed by atoms with Crippen molar-refractivity contribution in [3.05, 3.63) is 63.9 Å². The maximum atomic E-state index is 14.4. The third kappa shape index (κ3) is 3.69. The largest absolute Gasteiger partial charge is 0.369 e. The zero-order valence-corrected chi connectivity index (χ0v) is 19.8. The molecule has 2 aliphatic heterocycles. The van der Waals surface area contributed by atoms with Gasteiger partial charge in [-0.25, -0.2) is 9.29 Å². The minimum absolute atomic E-state index is 0.0229. The molecule has 2 aromatic carbocycles. The molecular formula is C24H23ClFN3O2S. The number of rotatable bonds is 2. The molecule has 2 heterocycles. The summed E-state index contributed by atoms with van der Waals surface area (Å²) in [7, 11) is 2.03. The molecule has 1 N–H and O–H groups in total. The first-order valence-corrected chi connectivity index (χ1v) is 11.0. The Balaban J connectivity index is 1.79. The number of hydrogen-bond acceptors (Lipinski definition) is 4. The number of fused-ring (bicyclic) bond motifs is 1. The SMILES string of the molecule is C[C@@H]1CC(C)(C)N(C)c2cc(Cl)c(/C=C3\C(=O)NC(=S)N(c4ccccc4F)C3=O)cc21. The van der Waals surface area contributed by atoms with E-state index in [0.29, 0.717) is 10.6 Å². The maximum absolute atomic E-state index is 14.4. The Morgan fingerprint density at radius 3 is 2.59 bits per heavy atom. The molecule has 4 rings (SSSR count). The average Bonchev–Trinajstić information content (AvgIpc) is 2.71. The van der Waals surface area contributed by atoms with Crippen LogP contribution in [0.2, 0.25) is 5.02 Å². The van der Waals surface area contributed by atoms with E-state index in [4.69, 9.17) is 23.8 Å². The van der Waals surface area contributed by atoms with Gasteiger partial charge in [0.05, 0.1) is 5.69 Å². The van der Waals surface area contributed by atoms with Crippen LogP contribution in [0.5, 0.6) is 0 Å². The van der Waals surface area contributed by atoms with Crippen LogP contribution in [0, 0.1) is 5.82 Å². The average molecular weight is 472 g/mol. The molecule has 1 fully saturated rings. The normalized spacial score (nSPS) is 21.6. The van der Waals surface area contributed by atoms with Crippen molar-refractivity contribution in [1.82, 2.24) is 5.32 Å². The number of amides is 2. The highest BCUT2D eigenvalue weighted by Crippen LogP contribution is 2.44. The van der Waals surface area contributed by atoms with Crippen molar-refractivity contribution in [2.75, 3.05) is 16.8 Å². The van der Waals surface area contributed by atoms with Gasteiger partial charge in [0.15, 0.2) is 5.11 Å². The van der Waals surface area contributed by atoms with Crippen LogP contribution >= 0.6 is 23.8 Å². The molecule has 5 nitrogen and oxygen atoms in total. The van der Waals surface area contributed by atoms with Crippen molar-refractivity contribution in [1.29, 1.82) is 0 Å². The molecular weight excluding hydrogens is 449 g/mol. The second-order valence-electron chi connectivity index (χ2n) is 8.82. The van der Waals surface area contributed by atoms with Crippen LogP contribution in [0.4, 0.5) is 15.8 Å². The second kappa shape index (κ2) is 7.98. The van der Waals surface area contributed by atoms with Gasteiger partial charge in [0, 0.05) is 23.3 Å². The maximum Gasteiger partial charge on any atom is 0.270 e. The third-order valence-electron chi connectivity index (χ3n) is 6.25. The van der Waals surface area contributed by atoms with Crippen LogP contribution in [-0.2, 0) is 9.59 Å². The lowest BCUT2D eigenvalue weighted by Gasteiger charge is -2.45. The summed E-state index contributed by atoms with van der Waals surface area (Å²) < 4.78 is 14.4. The molecule has 8 heteroatoms. The molecule has 2 aromatic rings. The van der Waals surface area contributed by atoms with Gasteiger partial charge in [-0.1, -0.05) is 30.7 Å². The van der Waals surface area contributed by atoms with Gasteiger partial charge in [0.1, 0.15) is 11.4 Å². The summed E-state index contributed by atoms with van der Waals surface area (Å²) in [4.78, 5) is 29.0. The van der Waals surface area contributed by atoms with Crippen molar-refractivity contribution in [3.8, 4) is 0 Å². The van der Waals surface area contributed by atoms with E-state index < -0.39 is 17.6 Å². The molecule has 0 saturated carbocycles. The van der Waals surface area contributed by atoms with Gasteiger partial charge in [0.25, 0.3) is 11.8 Å². The van der Waals surface area contributed by atoms with E-state index in [1.807, 2.05) is 19.2 Å². The van der Waals surface area contributed by atoms with Crippen LogP contribution in [0.1, 0.15) is 44.2 Å². The fourth-order valence-electron chi connectivity index (χ4n) is 4.38. The van der Waals surface area contributed by atoms with Gasteiger partial charge >= 0.3 is 0 Å². The van der Waals surface area contributed by atoms with E-state index >= 15 is 0 Å². The van der Waals surface area contributed by atoms with E-state index in [2.05, 4.69) is 31.0 Å².